The molecule has 148 valence electrons. The largest absolute Gasteiger partial charge is 0.486 e. The van der Waals surface area contributed by atoms with E-state index in [0.29, 0.717) is 13.2 Å². The molecule has 2 heterocycles. The van der Waals surface area contributed by atoms with Crippen LogP contribution in [0.4, 0.5) is 0 Å². The van der Waals surface area contributed by atoms with Crippen molar-refractivity contribution in [1.82, 2.24) is 10.2 Å². The number of carbonyl (C=O) groups excluding carboxylic acids is 1. The van der Waals surface area contributed by atoms with E-state index >= 15 is 0 Å². The highest BCUT2D eigenvalue weighted by atomic mass is 16.6. The van der Waals surface area contributed by atoms with E-state index < -0.39 is 0 Å². The van der Waals surface area contributed by atoms with E-state index in [9.17, 15) is 4.79 Å². The zero-order valence-electron chi connectivity index (χ0n) is 16.4. The van der Waals surface area contributed by atoms with E-state index in [1.807, 2.05) is 54.6 Å². The molecule has 0 bridgehead atoms. The van der Waals surface area contributed by atoms with Gasteiger partial charge in [-0.3, -0.25) is 9.69 Å². The average molecular weight is 380 g/mol. The molecule has 1 fully saturated rings. The van der Waals surface area contributed by atoms with Gasteiger partial charge in [-0.15, -0.1) is 0 Å². The van der Waals surface area contributed by atoms with E-state index in [1.165, 1.54) is 0 Å². The van der Waals surface area contributed by atoms with Crippen LogP contribution in [0.3, 0.4) is 0 Å². The minimum absolute atomic E-state index is 0.0335. The third kappa shape index (κ3) is 4.30. The first kappa shape index (κ1) is 18.8. The number of nitrogens with zero attached hydrogens (tertiary/aromatic N) is 1. The van der Waals surface area contributed by atoms with Crippen molar-refractivity contribution in [3.8, 4) is 11.5 Å². The van der Waals surface area contributed by atoms with Gasteiger partial charge in [-0.2, -0.15) is 0 Å². The SMILES string of the molecule is CC1(C(=O)NCc2ccccc2)CCN(CC2COc3ccccc3O2)CC1. The fourth-order valence-electron chi connectivity index (χ4n) is 3.89. The molecule has 1 N–H and O–H groups in total. The van der Waals surface area contributed by atoms with Crippen molar-refractivity contribution in [3.05, 3.63) is 60.2 Å². The predicted octanol–water partition coefficient (Wildman–Crippen LogP) is 3.24. The first-order valence-corrected chi connectivity index (χ1v) is 10.1. The zero-order valence-corrected chi connectivity index (χ0v) is 16.4. The van der Waals surface area contributed by atoms with E-state index in [0.717, 1.165) is 49.5 Å². The standard InChI is InChI=1S/C23H28N2O3/c1-23(22(26)24-15-18-7-3-2-4-8-18)11-13-25(14-12-23)16-19-17-27-20-9-5-6-10-21(20)28-19/h2-10,19H,11-17H2,1H3,(H,24,26). The maximum absolute atomic E-state index is 12.8. The third-order valence-corrected chi connectivity index (χ3v) is 5.83. The van der Waals surface area contributed by atoms with Gasteiger partial charge in [0, 0.05) is 18.5 Å². The maximum atomic E-state index is 12.8. The lowest BCUT2D eigenvalue weighted by atomic mass is 9.79. The van der Waals surface area contributed by atoms with Crippen molar-refractivity contribution in [3.63, 3.8) is 0 Å². The fourth-order valence-corrected chi connectivity index (χ4v) is 3.89. The number of piperidine rings is 1. The number of nitrogens with one attached hydrogen (secondary N) is 1. The summed E-state index contributed by atoms with van der Waals surface area (Å²) in [6, 6.07) is 17.9. The monoisotopic (exact) mass is 380 g/mol. The molecule has 1 amide bonds. The Kier molecular flexibility index (Phi) is 5.53. The number of para-hydroxylation sites is 2. The average Bonchev–Trinajstić information content (AvgIpc) is 2.74. The lowest BCUT2D eigenvalue weighted by Gasteiger charge is -2.40. The molecule has 0 aromatic heterocycles. The highest BCUT2D eigenvalue weighted by Crippen LogP contribution is 2.33. The van der Waals surface area contributed by atoms with Crippen molar-refractivity contribution in [1.29, 1.82) is 0 Å². The van der Waals surface area contributed by atoms with Gasteiger partial charge in [0.15, 0.2) is 11.5 Å². The zero-order chi connectivity index (χ0) is 19.4. The van der Waals surface area contributed by atoms with Gasteiger partial charge in [0.1, 0.15) is 12.7 Å². The first-order chi connectivity index (χ1) is 13.6. The molecule has 2 aromatic rings. The van der Waals surface area contributed by atoms with Crippen LogP contribution >= 0.6 is 0 Å². The third-order valence-electron chi connectivity index (χ3n) is 5.83. The Bertz CT molecular complexity index is 801. The Hall–Kier alpha value is -2.53. The minimum Gasteiger partial charge on any atom is -0.486 e. The van der Waals surface area contributed by atoms with Gasteiger partial charge in [0.05, 0.1) is 0 Å². The van der Waals surface area contributed by atoms with Gasteiger partial charge >= 0.3 is 0 Å². The molecule has 1 unspecified atom stereocenters. The molecule has 1 atom stereocenters. The molecular formula is C23H28N2O3. The first-order valence-electron chi connectivity index (χ1n) is 10.1. The van der Waals surface area contributed by atoms with Gasteiger partial charge in [-0.05, 0) is 43.6 Å². The lowest BCUT2D eigenvalue weighted by molar-refractivity contribution is -0.133. The molecule has 0 radical (unpaired) electrons. The van der Waals surface area contributed by atoms with Crippen LogP contribution in [0, 0.1) is 5.41 Å². The molecule has 2 aromatic carbocycles. The Morgan fingerprint density at radius 2 is 1.75 bits per heavy atom. The molecule has 4 rings (SSSR count). The minimum atomic E-state index is -0.304. The summed E-state index contributed by atoms with van der Waals surface area (Å²) in [5, 5.41) is 3.11. The second kappa shape index (κ2) is 8.23. The van der Waals surface area contributed by atoms with Crippen molar-refractivity contribution in [2.75, 3.05) is 26.2 Å². The summed E-state index contributed by atoms with van der Waals surface area (Å²) < 4.78 is 11.9. The van der Waals surface area contributed by atoms with E-state index in [-0.39, 0.29) is 17.4 Å². The van der Waals surface area contributed by atoms with E-state index in [4.69, 9.17) is 9.47 Å². The highest BCUT2D eigenvalue weighted by molar-refractivity contribution is 5.82. The van der Waals surface area contributed by atoms with Gasteiger partial charge in [0.25, 0.3) is 0 Å². The normalized spacial score (nSPS) is 21.1. The van der Waals surface area contributed by atoms with Gasteiger partial charge in [-0.1, -0.05) is 49.4 Å². The topological polar surface area (TPSA) is 50.8 Å². The number of hydrogen-bond acceptors (Lipinski definition) is 4. The predicted molar refractivity (Wildman–Crippen MR) is 108 cm³/mol. The summed E-state index contributed by atoms with van der Waals surface area (Å²) in [6.45, 7) is 5.87. The van der Waals surface area contributed by atoms with E-state index in [1.54, 1.807) is 0 Å². The molecule has 5 heteroatoms. The lowest BCUT2D eigenvalue weighted by Crippen LogP contribution is -2.50. The van der Waals surface area contributed by atoms with Crippen LogP contribution in [0.25, 0.3) is 0 Å². The van der Waals surface area contributed by atoms with Crippen molar-refractivity contribution < 1.29 is 14.3 Å². The quantitative estimate of drug-likeness (QED) is 0.865. The number of carbonyl (C=O) groups is 1. The van der Waals surface area contributed by atoms with Crippen LogP contribution in [0.2, 0.25) is 0 Å². The second-order valence-electron chi connectivity index (χ2n) is 8.03. The second-order valence-corrected chi connectivity index (χ2v) is 8.03. The molecule has 2 aliphatic rings. The van der Waals surface area contributed by atoms with Crippen molar-refractivity contribution in [2.45, 2.75) is 32.4 Å². The summed E-state index contributed by atoms with van der Waals surface area (Å²) in [4.78, 5) is 15.1. The van der Waals surface area contributed by atoms with Crippen LogP contribution < -0.4 is 14.8 Å². The van der Waals surface area contributed by atoms with Crippen molar-refractivity contribution >= 4 is 5.91 Å². The van der Waals surface area contributed by atoms with Gasteiger partial charge in [0.2, 0.25) is 5.91 Å². The Morgan fingerprint density at radius 1 is 1.07 bits per heavy atom. The summed E-state index contributed by atoms with van der Waals surface area (Å²) >= 11 is 0. The summed E-state index contributed by atoms with van der Waals surface area (Å²) in [5.41, 5.74) is 0.827. The maximum Gasteiger partial charge on any atom is 0.226 e. The molecule has 0 aliphatic carbocycles. The Morgan fingerprint density at radius 3 is 2.50 bits per heavy atom. The van der Waals surface area contributed by atoms with Crippen LogP contribution in [0.5, 0.6) is 11.5 Å². The van der Waals surface area contributed by atoms with Crippen LogP contribution in [0.15, 0.2) is 54.6 Å². The molecule has 2 aliphatic heterocycles. The Balaban J connectivity index is 1.25. The number of rotatable bonds is 5. The number of amides is 1. The Labute approximate surface area is 166 Å². The summed E-state index contributed by atoms with van der Waals surface area (Å²) in [7, 11) is 0. The van der Waals surface area contributed by atoms with E-state index in [2.05, 4.69) is 17.1 Å². The van der Waals surface area contributed by atoms with Crippen molar-refractivity contribution in [2.24, 2.45) is 5.41 Å². The fraction of sp³-hybridized carbons (Fsp3) is 0.435. The molecule has 1 saturated heterocycles. The number of benzene rings is 2. The molecule has 0 saturated carbocycles. The molecule has 28 heavy (non-hydrogen) atoms. The van der Waals surface area contributed by atoms with Crippen LogP contribution in [-0.2, 0) is 11.3 Å². The van der Waals surface area contributed by atoms with Crippen LogP contribution in [-0.4, -0.2) is 43.2 Å². The summed E-state index contributed by atoms with van der Waals surface area (Å²) in [5.74, 6) is 1.79. The number of hydrogen-bond donors (Lipinski definition) is 1. The van der Waals surface area contributed by atoms with Gasteiger partial charge < -0.3 is 14.8 Å². The number of likely N-dealkylation sites (tertiary alicyclic amines) is 1. The number of ether oxygens (including phenoxy) is 2. The summed E-state index contributed by atoms with van der Waals surface area (Å²) in [6.07, 6.45) is 1.75. The number of fused-ring (bicyclic) bond motifs is 1. The molecule has 0 spiro atoms. The molecular weight excluding hydrogens is 352 g/mol. The van der Waals surface area contributed by atoms with Crippen LogP contribution in [0.1, 0.15) is 25.3 Å². The smallest absolute Gasteiger partial charge is 0.226 e. The van der Waals surface area contributed by atoms with Gasteiger partial charge in [-0.25, -0.2) is 0 Å². The highest BCUT2D eigenvalue weighted by Gasteiger charge is 2.37. The molecule has 5 nitrogen and oxygen atoms in total.